The van der Waals surface area contributed by atoms with Crippen molar-refractivity contribution in [1.82, 2.24) is 20.1 Å². The number of pyridine rings is 1. The maximum Gasteiger partial charge on any atom is 0.253 e. The van der Waals surface area contributed by atoms with Crippen LogP contribution >= 0.6 is 0 Å². The number of carbonyl (C=O) groups is 1. The number of aryl methyl sites for hydroxylation is 1. The van der Waals surface area contributed by atoms with Crippen LogP contribution in [0, 0.1) is 6.92 Å². The molecule has 1 amide bonds. The minimum Gasteiger partial charge on any atom is -0.493 e. The average molecular weight is 376 g/mol. The molecule has 1 aliphatic carbocycles. The number of carbonyl (C=O) groups excluding carboxylic acids is 1. The molecule has 1 saturated carbocycles. The maximum absolute atomic E-state index is 12.4. The molecular formula is C22H24N4O2. The van der Waals surface area contributed by atoms with Crippen molar-refractivity contribution in [2.45, 2.75) is 45.1 Å². The van der Waals surface area contributed by atoms with Crippen LogP contribution in [-0.2, 0) is 0 Å². The number of aromatic hydroxyl groups is 1. The van der Waals surface area contributed by atoms with Crippen LogP contribution in [0.3, 0.4) is 0 Å². The van der Waals surface area contributed by atoms with Crippen LogP contribution in [0.25, 0.3) is 16.9 Å². The lowest BCUT2D eigenvalue weighted by molar-refractivity contribution is 0.0927. The van der Waals surface area contributed by atoms with Crippen molar-refractivity contribution in [2.24, 2.45) is 0 Å². The molecule has 0 aliphatic heterocycles. The Morgan fingerprint density at radius 3 is 2.50 bits per heavy atom. The van der Waals surface area contributed by atoms with Crippen molar-refractivity contribution in [2.75, 3.05) is 0 Å². The lowest BCUT2D eigenvalue weighted by Crippen LogP contribution is -2.36. The average Bonchev–Trinajstić information content (AvgIpc) is 3.11. The van der Waals surface area contributed by atoms with Gasteiger partial charge in [-0.05, 0) is 37.5 Å². The fourth-order valence-corrected chi connectivity index (χ4v) is 3.61. The highest BCUT2D eigenvalue weighted by molar-refractivity contribution is 5.94. The molecule has 28 heavy (non-hydrogen) atoms. The molecule has 0 saturated heterocycles. The fraction of sp³-hybridized carbons (Fsp3) is 0.318. The predicted octanol–water partition coefficient (Wildman–Crippen LogP) is 4.01. The van der Waals surface area contributed by atoms with Crippen molar-refractivity contribution in [3.8, 4) is 22.8 Å². The minimum absolute atomic E-state index is 0.0239. The molecule has 0 atom stereocenters. The van der Waals surface area contributed by atoms with E-state index in [2.05, 4.69) is 15.4 Å². The fourth-order valence-electron chi connectivity index (χ4n) is 3.61. The normalized spacial score (nSPS) is 14.8. The van der Waals surface area contributed by atoms with E-state index in [1.807, 2.05) is 31.2 Å². The molecule has 2 N–H and O–H groups in total. The van der Waals surface area contributed by atoms with Gasteiger partial charge in [-0.1, -0.05) is 49.1 Å². The van der Waals surface area contributed by atoms with Crippen LogP contribution in [0.5, 0.6) is 5.88 Å². The summed E-state index contributed by atoms with van der Waals surface area (Å²) in [6, 6.07) is 11.5. The van der Waals surface area contributed by atoms with E-state index < -0.39 is 0 Å². The monoisotopic (exact) mass is 376 g/mol. The van der Waals surface area contributed by atoms with Gasteiger partial charge in [-0.3, -0.25) is 4.79 Å². The molecule has 3 aromatic rings. The SMILES string of the molecule is Cc1ccc(-c2cnn(-c3ccc(C(=O)NC4CCCCC4)cn3)c2O)cc1. The summed E-state index contributed by atoms with van der Waals surface area (Å²) in [6.45, 7) is 2.02. The van der Waals surface area contributed by atoms with Gasteiger partial charge in [0.1, 0.15) is 0 Å². The lowest BCUT2D eigenvalue weighted by Gasteiger charge is -2.22. The van der Waals surface area contributed by atoms with Crippen LogP contribution in [0.4, 0.5) is 0 Å². The van der Waals surface area contributed by atoms with Crippen LogP contribution in [-0.4, -0.2) is 31.8 Å². The van der Waals surface area contributed by atoms with E-state index in [1.54, 1.807) is 18.3 Å². The third-order valence-electron chi connectivity index (χ3n) is 5.27. The summed E-state index contributed by atoms with van der Waals surface area (Å²) >= 11 is 0. The molecule has 2 aromatic heterocycles. The molecule has 1 aliphatic rings. The smallest absolute Gasteiger partial charge is 0.253 e. The standard InChI is InChI=1S/C22H24N4O2/c1-15-7-9-16(10-8-15)19-14-24-26(22(19)28)20-12-11-17(13-23-20)21(27)25-18-5-3-2-4-6-18/h7-14,18,28H,2-6H2,1H3,(H,25,27). The van der Waals surface area contributed by atoms with Crippen LogP contribution in [0.15, 0.2) is 48.8 Å². The quantitative estimate of drug-likeness (QED) is 0.721. The van der Waals surface area contributed by atoms with Crippen molar-refractivity contribution < 1.29 is 9.90 Å². The first-order valence-electron chi connectivity index (χ1n) is 9.73. The molecule has 0 unspecified atom stereocenters. The van der Waals surface area contributed by atoms with E-state index in [-0.39, 0.29) is 17.8 Å². The Morgan fingerprint density at radius 1 is 1.07 bits per heavy atom. The van der Waals surface area contributed by atoms with Gasteiger partial charge in [0.25, 0.3) is 5.91 Å². The third-order valence-corrected chi connectivity index (χ3v) is 5.27. The molecule has 6 heteroatoms. The van der Waals surface area contributed by atoms with E-state index >= 15 is 0 Å². The molecule has 1 aromatic carbocycles. The summed E-state index contributed by atoms with van der Waals surface area (Å²) in [5, 5.41) is 17.9. The predicted molar refractivity (Wildman–Crippen MR) is 108 cm³/mol. The molecule has 2 heterocycles. The number of hydrogen-bond acceptors (Lipinski definition) is 4. The van der Waals surface area contributed by atoms with Crippen molar-refractivity contribution in [3.63, 3.8) is 0 Å². The van der Waals surface area contributed by atoms with Crippen LogP contribution in [0.1, 0.15) is 48.0 Å². The highest BCUT2D eigenvalue weighted by Gasteiger charge is 2.18. The molecular weight excluding hydrogens is 352 g/mol. The first-order chi connectivity index (χ1) is 13.6. The van der Waals surface area contributed by atoms with Gasteiger partial charge < -0.3 is 10.4 Å². The van der Waals surface area contributed by atoms with Crippen molar-refractivity contribution in [3.05, 3.63) is 59.9 Å². The van der Waals surface area contributed by atoms with Gasteiger partial charge in [0.05, 0.1) is 17.3 Å². The van der Waals surface area contributed by atoms with Crippen LogP contribution in [0.2, 0.25) is 0 Å². The molecule has 0 bridgehead atoms. The van der Waals surface area contributed by atoms with Crippen molar-refractivity contribution >= 4 is 5.91 Å². The number of amides is 1. The van der Waals surface area contributed by atoms with E-state index in [1.165, 1.54) is 30.1 Å². The zero-order chi connectivity index (χ0) is 19.5. The Labute approximate surface area is 164 Å². The van der Waals surface area contributed by atoms with E-state index in [4.69, 9.17) is 0 Å². The minimum atomic E-state index is -0.101. The zero-order valence-electron chi connectivity index (χ0n) is 15.9. The maximum atomic E-state index is 12.4. The molecule has 0 radical (unpaired) electrons. The van der Waals surface area contributed by atoms with E-state index in [9.17, 15) is 9.90 Å². The summed E-state index contributed by atoms with van der Waals surface area (Å²) in [6.07, 6.45) is 8.82. The summed E-state index contributed by atoms with van der Waals surface area (Å²) < 4.78 is 1.37. The first kappa shape index (κ1) is 18.2. The van der Waals surface area contributed by atoms with Gasteiger partial charge in [-0.25, -0.2) is 4.98 Å². The molecule has 144 valence electrons. The van der Waals surface area contributed by atoms with E-state index in [0.29, 0.717) is 16.9 Å². The highest BCUT2D eigenvalue weighted by atomic mass is 16.3. The Bertz CT molecular complexity index is 955. The van der Waals surface area contributed by atoms with Gasteiger partial charge >= 0.3 is 0 Å². The van der Waals surface area contributed by atoms with Crippen LogP contribution < -0.4 is 5.32 Å². The number of benzene rings is 1. The Balaban J connectivity index is 1.51. The number of rotatable bonds is 4. The number of nitrogens with one attached hydrogen (secondary N) is 1. The number of hydrogen-bond donors (Lipinski definition) is 2. The summed E-state index contributed by atoms with van der Waals surface area (Å²) in [5.74, 6) is 0.386. The molecule has 6 nitrogen and oxygen atoms in total. The summed E-state index contributed by atoms with van der Waals surface area (Å²) in [5.41, 5.74) is 3.19. The molecule has 0 spiro atoms. The first-order valence-corrected chi connectivity index (χ1v) is 9.73. The molecule has 1 fully saturated rings. The molecule has 4 rings (SSSR count). The second kappa shape index (κ2) is 7.84. The highest BCUT2D eigenvalue weighted by Crippen LogP contribution is 2.30. The third kappa shape index (κ3) is 3.76. The summed E-state index contributed by atoms with van der Waals surface area (Å²) in [7, 11) is 0. The lowest BCUT2D eigenvalue weighted by atomic mass is 9.95. The number of aromatic nitrogens is 3. The van der Waals surface area contributed by atoms with Gasteiger partial charge in [0.15, 0.2) is 5.82 Å². The topological polar surface area (TPSA) is 80.0 Å². The van der Waals surface area contributed by atoms with Crippen molar-refractivity contribution in [1.29, 1.82) is 0 Å². The van der Waals surface area contributed by atoms with Gasteiger partial charge in [0.2, 0.25) is 5.88 Å². The van der Waals surface area contributed by atoms with Gasteiger partial charge in [-0.2, -0.15) is 9.78 Å². The second-order valence-electron chi connectivity index (χ2n) is 7.37. The Morgan fingerprint density at radius 2 is 1.82 bits per heavy atom. The largest absolute Gasteiger partial charge is 0.493 e. The van der Waals surface area contributed by atoms with Gasteiger partial charge in [-0.15, -0.1) is 0 Å². The second-order valence-corrected chi connectivity index (χ2v) is 7.37. The Kier molecular flexibility index (Phi) is 5.10. The van der Waals surface area contributed by atoms with Gasteiger partial charge in [0, 0.05) is 12.2 Å². The summed E-state index contributed by atoms with van der Waals surface area (Å²) in [4.78, 5) is 16.7. The van der Waals surface area contributed by atoms with E-state index in [0.717, 1.165) is 24.0 Å². The number of nitrogens with zero attached hydrogens (tertiary/aromatic N) is 3. The zero-order valence-corrected chi connectivity index (χ0v) is 15.9. The Hall–Kier alpha value is -3.15.